The molecule has 0 bridgehead atoms. The number of aliphatic imine (C=N–C) groups is 1. The summed E-state index contributed by atoms with van der Waals surface area (Å²) >= 11 is 13.3. The van der Waals surface area contributed by atoms with E-state index >= 15 is 0 Å². The fourth-order valence-corrected chi connectivity index (χ4v) is 3.99. The third kappa shape index (κ3) is 3.87. The van der Waals surface area contributed by atoms with Crippen molar-refractivity contribution in [2.24, 2.45) is 12.0 Å². The fraction of sp³-hybridized carbons (Fsp3) is 0.0476. The molecule has 4 nitrogen and oxygen atoms in total. The Labute approximate surface area is 177 Å². The number of aryl methyl sites for hydroxylation is 1. The molecule has 1 amide bonds. The first-order valence-corrected chi connectivity index (χ1v) is 10.0. The lowest BCUT2D eigenvalue weighted by Crippen LogP contribution is -2.28. The zero-order valence-corrected chi connectivity index (χ0v) is 17.2. The van der Waals surface area contributed by atoms with Gasteiger partial charge in [0.25, 0.3) is 5.91 Å². The summed E-state index contributed by atoms with van der Waals surface area (Å²) in [5, 5.41) is 1.83. The number of amidine groups is 1. The molecule has 1 aliphatic heterocycles. The Morgan fingerprint density at radius 1 is 0.964 bits per heavy atom. The van der Waals surface area contributed by atoms with Gasteiger partial charge in [0.05, 0.1) is 16.3 Å². The van der Waals surface area contributed by atoms with Crippen LogP contribution in [0.5, 0.6) is 0 Å². The highest BCUT2D eigenvalue weighted by Gasteiger charge is 2.34. The highest BCUT2D eigenvalue weighted by molar-refractivity contribution is 8.19. The largest absolute Gasteiger partial charge is 0.351 e. The molecule has 2 heterocycles. The minimum atomic E-state index is -0.124. The standard InChI is InChI=1S/C21H15Cl2N3OS/c1-25-12-2-3-18(25)13-19-20(27)26(17-10-6-15(23)7-11-17)21(28-19)24-16-8-4-14(22)5-9-16/h2-13H,1H3/b19-13+,24-21?. The Morgan fingerprint density at radius 2 is 1.61 bits per heavy atom. The molecule has 4 rings (SSSR count). The molecule has 2 aromatic carbocycles. The molecule has 3 aromatic rings. The van der Waals surface area contributed by atoms with Crippen LogP contribution in [0.25, 0.3) is 6.08 Å². The number of benzene rings is 2. The van der Waals surface area contributed by atoms with Gasteiger partial charge >= 0.3 is 0 Å². The van der Waals surface area contributed by atoms with Gasteiger partial charge in [-0.3, -0.25) is 9.69 Å². The molecule has 140 valence electrons. The number of aromatic nitrogens is 1. The van der Waals surface area contributed by atoms with Crippen LogP contribution in [-0.4, -0.2) is 15.6 Å². The van der Waals surface area contributed by atoms with Crippen molar-refractivity contribution in [3.63, 3.8) is 0 Å². The van der Waals surface area contributed by atoms with Crippen molar-refractivity contribution in [1.29, 1.82) is 0 Å². The molecule has 0 atom stereocenters. The summed E-state index contributed by atoms with van der Waals surface area (Å²) in [4.78, 5) is 20.1. The molecule has 0 unspecified atom stereocenters. The number of anilines is 1. The Hall–Kier alpha value is -2.47. The topological polar surface area (TPSA) is 37.6 Å². The van der Waals surface area contributed by atoms with Gasteiger partial charge in [-0.2, -0.15) is 0 Å². The molecule has 0 N–H and O–H groups in total. The maximum Gasteiger partial charge on any atom is 0.271 e. The van der Waals surface area contributed by atoms with Crippen LogP contribution in [0.15, 0.2) is 76.8 Å². The number of hydrogen-bond donors (Lipinski definition) is 0. The van der Waals surface area contributed by atoms with Crippen molar-refractivity contribution in [3.05, 3.63) is 87.5 Å². The van der Waals surface area contributed by atoms with E-state index in [1.165, 1.54) is 11.8 Å². The van der Waals surface area contributed by atoms with Crippen molar-refractivity contribution >= 4 is 63.5 Å². The molecule has 0 spiro atoms. The predicted molar refractivity (Wildman–Crippen MR) is 118 cm³/mol. The van der Waals surface area contributed by atoms with E-state index in [2.05, 4.69) is 4.99 Å². The Kier molecular flexibility index (Phi) is 5.31. The Balaban J connectivity index is 1.78. The van der Waals surface area contributed by atoms with E-state index in [1.807, 2.05) is 60.3 Å². The van der Waals surface area contributed by atoms with Gasteiger partial charge < -0.3 is 4.57 Å². The second-order valence-corrected chi connectivity index (χ2v) is 8.02. The van der Waals surface area contributed by atoms with Crippen molar-refractivity contribution in [2.75, 3.05) is 4.90 Å². The summed E-state index contributed by atoms with van der Waals surface area (Å²) in [6, 6.07) is 18.2. The van der Waals surface area contributed by atoms with Crippen LogP contribution >= 0.6 is 35.0 Å². The first kappa shape index (κ1) is 18.9. The lowest BCUT2D eigenvalue weighted by molar-refractivity contribution is -0.113. The zero-order valence-electron chi connectivity index (χ0n) is 14.8. The first-order chi connectivity index (χ1) is 13.5. The highest BCUT2D eigenvalue weighted by Crippen LogP contribution is 2.37. The zero-order chi connectivity index (χ0) is 19.7. The number of carbonyl (C=O) groups excluding carboxylic acids is 1. The van der Waals surface area contributed by atoms with E-state index in [1.54, 1.807) is 29.2 Å². The van der Waals surface area contributed by atoms with Crippen molar-refractivity contribution in [1.82, 2.24) is 4.57 Å². The normalized spacial score (nSPS) is 17.1. The van der Waals surface area contributed by atoms with Gasteiger partial charge in [0.1, 0.15) is 0 Å². The van der Waals surface area contributed by atoms with Crippen LogP contribution in [0.3, 0.4) is 0 Å². The summed E-state index contributed by atoms with van der Waals surface area (Å²) in [5.41, 5.74) is 2.38. The Morgan fingerprint density at radius 3 is 2.21 bits per heavy atom. The molecule has 1 aromatic heterocycles. The summed E-state index contributed by atoms with van der Waals surface area (Å²) in [7, 11) is 1.94. The number of hydrogen-bond acceptors (Lipinski definition) is 3. The van der Waals surface area contributed by atoms with Crippen molar-refractivity contribution < 1.29 is 4.79 Å². The maximum atomic E-state index is 13.2. The first-order valence-electron chi connectivity index (χ1n) is 8.46. The maximum absolute atomic E-state index is 13.2. The number of rotatable bonds is 3. The van der Waals surface area contributed by atoms with Crippen LogP contribution in [-0.2, 0) is 11.8 Å². The second kappa shape index (κ2) is 7.87. The highest BCUT2D eigenvalue weighted by atomic mass is 35.5. The smallest absolute Gasteiger partial charge is 0.271 e. The Bertz CT molecular complexity index is 1090. The summed E-state index contributed by atoms with van der Waals surface area (Å²) < 4.78 is 1.96. The van der Waals surface area contributed by atoms with Gasteiger partial charge in [0.15, 0.2) is 5.17 Å². The van der Waals surface area contributed by atoms with Crippen LogP contribution in [0.2, 0.25) is 10.0 Å². The van der Waals surface area contributed by atoms with Crippen molar-refractivity contribution in [2.45, 2.75) is 0 Å². The molecular weight excluding hydrogens is 413 g/mol. The molecular formula is C21H15Cl2N3OS. The van der Waals surface area contributed by atoms with Crippen LogP contribution in [0, 0.1) is 0 Å². The second-order valence-electron chi connectivity index (χ2n) is 6.14. The van der Waals surface area contributed by atoms with Gasteiger partial charge in [0, 0.05) is 29.0 Å². The average molecular weight is 428 g/mol. The average Bonchev–Trinajstić information content (AvgIpc) is 3.22. The van der Waals surface area contributed by atoms with Crippen molar-refractivity contribution in [3.8, 4) is 0 Å². The van der Waals surface area contributed by atoms with Gasteiger partial charge in [-0.15, -0.1) is 0 Å². The number of nitrogens with zero attached hydrogens (tertiary/aromatic N) is 3. The summed E-state index contributed by atoms with van der Waals surface area (Å²) in [6.07, 6.45) is 3.82. The van der Waals surface area contributed by atoms with Crippen LogP contribution in [0.4, 0.5) is 11.4 Å². The van der Waals surface area contributed by atoms with Gasteiger partial charge in [-0.25, -0.2) is 4.99 Å². The number of thioether (sulfide) groups is 1. The molecule has 28 heavy (non-hydrogen) atoms. The molecule has 0 aliphatic carbocycles. The molecule has 1 aliphatic rings. The van der Waals surface area contributed by atoms with E-state index in [4.69, 9.17) is 23.2 Å². The van der Waals surface area contributed by atoms with Gasteiger partial charge in [-0.05, 0) is 78.5 Å². The third-order valence-electron chi connectivity index (χ3n) is 4.21. The number of halogens is 2. The molecule has 0 saturated carbocycles. The molecule has 1 fully saturated rings. The SMILES string of the molecule is Cn1cccc1/C=C1/SC(=Nc2ccc(Cl)cc2)N(c2ccc(Cl)cc2)C1=O. The van der Waals surface area contributed by atoms with Gasteiger partial charge in [0.2, 0.25) is 0 Å². The number of carbonyl (C=O) groups is 1. The third-order valence-corrected chi connectivity index (χ3v) is 5.68. The minimum absolute atomic E-state index is 0.124. The lowest BCUT2D eigenvalue weighted by atomic mass is 10.2. The number of amides is 1. The van der Waals surface area contributed by atoms with E-state index < -0.39 is 0 Å². The fourth-order valence-electron chi connectivity index (χ4n) is 2.75. The monoisotopic (exact) mass is 427 g/mol. The lowest BCUT2D eigenvalue weighted by Gasteiger charge is -2.15. The molecule has 0 radical (unpaired) electrons. The van der Waals surface area contributed by atoms with Crippen LogP contribution in [0.1, 0.15) is 5.69 Å². The molecule has 1 saturated heterocycles. The van der Waals surface area contributed by atoms with Crippen LogP contribution < -0.4 is 4.90 Å². The summed E-state index contributed by atoms with van der Waals surface area (Å²) in [5.74, 6) is -0.124. The van der Waals surface area contributed by atoms with E-state index in [0.717, 1.165) is 11.4 Å². The summed E-state index contributed by atoms with van der Waals surface area (Å²) in [6.45, 7) is 0. The molecule has 7 heteroatoms. The van der Waals surface area contributed by atoms with E-state index in [-0.39, 0.29) is 5.91 Å². The van der Waals surface area contributed by atoms with Gasteiger partial charge in [-0.1, -0.05) is 23.2 Å². The van der Waals surface area contributed by atoms with E-state index in [0.29, 0.717) is 25.8 Å². The minimum Gasteiger partial charge on any atom is -0.351 e. The predicted octanol–water partition coefficient (Wildman–Crippen LogP) is 6.14. The van der Waals surface area contributed by atoms with E-state index in [9.17, 15) is 4.79 Å². The quantitative estimate of drug-likeness (QED) is 0.470.